The second-order valence-electron chi connectivity index (χ2n) is 8.35. The van der Waals surface area contributed by atoms with Crippen molar-refractivity contribution in [2.45, 2.75) is 38.7 Å². The number of ether oxygens (including phenoxy) is 2. The first-order chi connectivity index (χ1) is 16.4. The highest BCUT2D eigenvalue weighted by atomic mass is 79.9. The third kappa shape index (κ3) is 5.93. The van der Waals surface area contributed by atoms with Gasteiger partial charge in [-0.25, -0.2) is 0 Å². The standard InChI is InChI=1S/C25H24BrCl2NO4S/c1-32-21-9-17(19(26)12-22(21)33-14-16-7-8-18(27)11-20(16)28)10-23-24(30)29(25(31)34-23)13-15-5-3-2-4-6-15/h7-12,15H,2-6,13-14H2,1H3/b23-10+. The van der Waals surface area contributed by atoms with Crippen LogP contribution < -0.4 is 9.47 Å². The second-order valence-corrected chi connectivity index (χ2v) is 11.0. The van der Waals surface area contributed by atoms with E-state index in [0.29, 0.717) is 43.4 Å². The van der Waals surface area contributed by atoms with Gasteiger partial charge >= 0.3 is 0 Å². The molecule has 180 valence electrons. The third-order valence-electron chi connectivity index (χ3n) is 6.01. The largest absolute Gasteiger partial charge is 0.493 e. The molecule has 1 heterocycles. The van der Waals surface area contributed by atoms with Crippen LogP contribution in [0.1, 0.15) is 43.2 Å². The Kier molecular flexibility index (Phi) is 8.51. The normalized spacial score (nSPS) is 18.1. The summed E-state index contributed by atoms with van der Waals surface area (Å²) in [5, 5.41) is 0.873. The van der Waals surface area contributed by atoms with Crippen LogP contribution in [0.3, 0.4) is 0 Å². The van der Waals surface area contributed by atoms with Crippen molar-refractivity contribution in [1.29, 1.82) is 0 Å². The van der Waals surface area contributed by atoms with Crippen molar-refractivity contribution in [3.8, 4) is 11.5 Å². The minimum absolute atomic E-state index is 0.204. The van der Waals surface area contributed by atoms with Crippen molar-refractivity contribution < 1.29 is 19.1 Å². The summed E-state index contributed by atoms with van der Waals surface area (Å²) in [4.78, 5) is 27.3. The minimum Gasteiger partial charge on any atom is -0.493 e. The monoisotopic (exact) mass is 583 g/mol. The van der Waals surface area contributed by atoms with Crippen LogP contribution in [0.15, 0.2) is 39.7 Å². The molecule has 0 atom stereocenters. The first-order valence-electron chi connectivity index (χ1n) is 11.1. The molecule has 2 amide bonds. The molecular formula is C25H24BrCl2NO4S. The Morgan fingerprint density at radius 3 is 2.59 bits per heavy atom. The SMILES string of the molecule is COc1cc(/C=C2/SC(=O)N(CC3CCCCC3)C2=O)c(Br)cc1OCc1ccc(Cl)cc1Cl. The lowest BCUT2D eigenvalue weighted by atomic mass is 9.89. The molecule has 1 saturated carbocycles. The topological polar surface area (TPSA) is 55.8 Å². The lowest BCUT2D eigenvalue weighted by Crippen LogP contribution is -2.34. The average Bonchev–Trinajstić information content (AvgIpc) is 3.08. The van der Waals surface area contributed by atoms with Crippen molar-refractivity contribution in [2.75, 3.05) is 13.7 Å². The highest BCUT2D eigenvalue weighted by molar-refractivity contribution is 9.10. The molecule has 4 rings (SSSR count). The van der Waals surface area contributed by atoms with Crippen LogP contribution in [0.5, 0.6) is 11.5 Å². The number of amides is 2. The van der Waals surface area contributed by atoms with E-state index in [2.05, 4.69) is 15.9 Å². The molecule has 1 aliphatic carbocycles. The van der Waals surface area contributed by atoms with E-state index in [4.69, 9.17) is 32.7 Å². The summed E-state index contributed by atoms with van der Waals surface area (Å²) in [6, 6.07) is 8.78. The van der Waals surface area contributed by atoms with E-state index in [1.807, 2.05) is 6.07 Å². The highest BCUT2D eigenvalue weighted by Crippen LogP contribution is 2.39. The highest BCUT2D eigenvalue weighted by Gasteiger charge is 2.36. The zero-order valence-corrected chi connectivity index (χ0v) is 22.5. The average molecular weight is 585 g/mol. The Bertz CT molecular complexity index is 1130. The number of imide groups is 1. The van der Waals surface area contributed by atoms with Crippen LogP contribution in [-0.2, 0) is 11.4 Å². The van der Waals surface area contributed by atoms with Gasteiger partial charge in [-0.15, -0.1) is 0 Å². The Hall–Kier alpha value is -1.67. The summed E-state index contributed by atoms with van der Waals surface area (Å²) in [6.07, 6.45) is 7.45. The Balaban J connectivity index is 1.50. The fraction of sp³-hybridized carbons (Fsp3) is 0.360. The molecule has 2 aliphatic rings. The number of carbonyl (C=O) groups excluding carboxylic acids is 2. The van der Waals surface area contributed by atoms with Gasteiger partial charge in [0, 0.05) is 26.6 Å². The molecule has 2 aromatic carbocycles. The molecule has 0 bridgehead atoms. The van der Waals surface area contributed by atoms with Gasteiger partial charge in [0.25, 0.3) is 11.1 Å². The molecule has 1 aliphatic heterocycles. The quantitative estimate of drug-likeness (QED) is 0.309. The first kappa shape index (κ1) is 25.4. The maximum absolute atomic E-state index is 13.0. The van der Waals surface area contributed by atoms with E-state index in [0.717, 1.165) is 35.7 Å². The summed E-state index contributed by atoms with van der Waals surface area (Å²) in [6.45, 7) is 0.741. The van der Waals surface area contributed by atoms with E-state index >= 15 is 0 Å². The lowest BCUT2D eigenvalue weighted by molar-refractivity contribution is -0.123. The zero-order valence-electron chi connectivity index (χ0n) is 18.6. The fourth-order valence-corrected chi connectivity index (χ4v) is 5.89. The molecule has 0 N–H and O–H groups in total. The minimum atomic E-state index is -0.232. The van der Waals surface area contributed by atoms with Gasteiger partial charge in [-0.3, -0.25) is 14.5 Å². The number of carbonyl (C=O) groups is 2. The maximum atomic E-state index is 13.0. The van der Waals surface area contributed by atoms with Crippen molar-refractivity contribution in [2.24, 2.45) is 5.92 Å². The van der Waals surface area contributed by atoms with Gasteiger partial charge in [0.15, 0.2) is 11.5 Å². The molecule has 0 spiro atoms. The van der Waals surface area contributed by atoms with E-state index < -0.39 is 0 Å². The van der Waals surface area contributed by atoms with Crippen LogP contribution in [0.25, 0.3) is 6.08 Å². The van der Waals surface area contributed by atoms with E-state index in [-0.39, 0.29) is 17.8 Å². The number of rotatable bonds is 7. The predicted molar refractivity (Wildman–Crippen MR) is 141 cm³/mol. The van der Waals surface area contributed by atoms with E-state index in [9.17, 15) is 9.59 Å². The van der Waals surface area contributed by atoms with Crippen LogP contribution in [0.4, 0.5) is 4.79 Å². The molecular weight excluding hydrogens is 561 g/mol. The Labute approximate surface area is 221 Å². The second kappa shape index (κ2) is 11.4. The van der Waals surface area contributed by atoms with Crippen LogP contribution in [0, 0.1) is 5.92 Å². The number of nitrogens with zero attached hydrogens (tertiary/aromatic N) is 1. The third-order valence-corrected chi connectivity index (χ3v) is 8.19. The lowest BCUT2D eigenvalue weighted by Gasteiger charge is -2.25. The zero-order chi connectivity index (χ0) is 24.2. The van der Waals surface area contributed by atoms with Crippen molar-refractivity contribution >= 4 is 68.1 Å². The van der Waals surface area contributed by atoms with Crippen molar-refractivity contribution in [3.63, 3.8) is 0 Å². The van der Waals surface area contributed by atoms with Gasteiger partial charge in [0.2, 0.25) is 0 Å². The fourth-order valence-electron chi connectivity index (χ4n) is 4.15. The molecule has 5 nitrogen and oxygen atoms in total. The summed E-state index contributed by atoms with van der Waals surface area (Å²) < 4.78 is 12.2. The number of benzene rings is 2. The van der Waals surface area contributed by atoms with E-state index in [1.165, 1.54) is 24.2 Å². The first-order valence-corrected chi connectivity index (χ1v) is 13.4. The van der Waals surface area contributed by atoms with Crippen LogP contribution in [0.2, 0.25) is 10.0 Å². The van der Waals surface area contributed by atoms with Gasteiger partial charge in [-0.05, 0) is 66.4 Å². The van der Waals surface area contributed by atoms with Gasteiger partial charge in [-0.1, -0.05) is 64.5 Å². The number of hydrogen-bond acceptors (Lipinski definition) is 5. The number of methoxy groups -OCH3 is 1. The Morgan fingerprint density at radius 1 is 1.12 bits per heavy atom. The van der Waals surface area contributed by atoms with E-state index in [1.54, 1.807) is 37.5 Å². The predicted octanol–water partition coefficient (Wildman–Crippen LogP) is 7.96. The van der Waals surface area contributed by atoms with Gasteiger partial charge in [0.1, 0.15) is 6.61 Å². The van der Waals surface area contributed by atoms with Crippen LogP contribution >= 0.6 is 50.9 Å². The van der Waals surface area contributed by atoms with Gasteiger partial charge in [-0.2, -0.15) is 0 Å². The van der Waals surface area contributed by atoms with Crippen molar-refractivity contribution in [3.05, 3.63) is 60.9 Å². The molecule has 2 fully saturated rings. The van der Waals surface area contributed by atoms with Crippen LogP contribution in [-0.4, -0.2) is 29.7 Å². The summed E-state index contributed by atoms with van der Waals surface area (Å²) in [5.41, 5.74) is 1.51. The van der Waals surface area contributed by atoms with Gasteiger partial charge in [0.05, 0.1) is 12.0 Å². The molecule has 9 heteroatoms. The molecule has 34 heavy (non-hydrogen) atoms. The Morgan fingerprint density at radius 2 is 1.88 bits per heavy atom. The smallest absolute Gasteiger partial charge is 0.293 e. The molecule has 0 radical (unpaired) electrons. The molecule has 1 saturated heterocycles. The number of halogens is 3. The van der Waals surface area contributed by atoms with Gasteiger partial charge < -0.3 is 9.47 Å². The summed E-state index contributed by atoms with van der Waals surface area (Å²) in [5.74, 6) is 1.19. The van der Waals surface area contributed by atoms with Crippen molar-refractivity contribution in [1.82, 2.24) is 4.90 Å². The number of thioether (sulfide) groups is 1. The maximum Gasteiger partial charge on any atom is 0.293 e. The summed E-state index contributed by atoms with van der Waals surface area (Å²) >= 11 is 16.7. The molecule has 2 aromatic rings. The number of hydrogen-bond donors (Lipinski definition) is 0. The molecule has 0 unspecified atom stereocenters. The molecule has 0 aromatic heterocycles. The summed E-state index contributed by atoms with van der Waals surface area (Å²) in [7, 11) is 1.55.